The molecule has 32 heavy (non-hydrogen) atoms. The number of aromatic nitrogens is 3. The van der Waals surface area contributed by atoms with E-state index in [0.717, 1.165) is 42.4 Å². The highest BCUT2D eigenvalue weighted by Crippen LogP contribution is 2.37. The molecule has 2 aromatic rings. The van der Waals surface area contributed by atoms with Crippen LogP contribution in [0.4, 0.5) is 0 Å². The van der Waals surface area contributed by atoms with Crippen molar-refractivity contribution in [1.29, 1.82) is 0 Å². The van der Waals surface area contributed by atoms with E-state index in [9.17, 15) is 9.59 Å². The van der Waals surface area contributed by atoms with Gasteiger partial charge in [-0.05, 0) is 69.5 Å². The molecule has 5 rings (SSSR count). The van der Waals surface area contributed by atoms with Crippen LogP contribution >= 0.6 is 0 Å². The van der Waals surface area contributed by atoms with Gasteiger partial charge in [-0.2, -0.15) is 0 Å². The van der Waals surface area contributed by atoms with E-state index >= 15 is 0 Å². The number of carbonyl (C=O) groups is 1. The molecule has 3 aliphatic rings. The number of amides is 1. The van der Waals surface area contributed by atoms with Crippen molar-refractivity contribution >= 4 is 5.91 Å². The first kappa shape index (κ1) is 21.3. The highest BCUT2D eigenvalue weighted by molar-refractivity contribution is 5.95. The van der Waals surface area contributed by atoms with Gasteiger partial charge in [0.1, 0.15) is 5.82 Å². The van der Waals surface area contributed by atoms with Gasteiger partial charge in [-0.1, -0.05) is 6.92 Å². The van der Waals surface area contributed by atoms with E-state index in [1.807, 2.05) is 6.92 Å². The molecule has 7 nitrogen and oxygen atoms in total. The van der Waals surface area contributed by atoms with Gasteiger partial charge in [0.15, 0.2) is 0 Å². The first-order chi connectivity index (χ1) is 15.5. The monoisotopic (exact) mass is 435 g/mol. The second kappa shape index (κ2) is 8.77. The first-order valence-corrected chi connectivity index (χ1v) is 12.1. The predicted molar refractivity (Wildman–Crippen MR) is 122 cm³/mol. The maximum Gasteiger partial charge on any atom is 0.256 e. The van der Waals surface area contributed by atoms with Crippen molar-refractivity contribution in [1.82, 2.24) is 24.8 Å². The lowest BCUT2D eigenvalue weighted by atomic mass is 9.86. The van der Waals surface area contributed by atoms with Gasteiger partial charge in [0.25, 0.3) is 11.5 Å². The van der Waals surface area contributed by atoms with Crippen LogP contribution in [0.3, 0.4) is 0 Å². The Morgan fingerprint density at radius 2 is 1.97 bits per heavy atom. The van der Waals surface area contributed by atoms with E-state index in [4.69, 9.17) is 4.98 Å². The number of carbonyl (C=O) groups excluding carboxylic acids is 1. The Morgan fingerprint density at radius 1 is 1.16 bits per heavy atom. The highest BCUT2D eigenvalue weighted by atomic mass is 16.2. The molecular formula is C25H33N5O2. The average molecular weight is 436 g/mol. The molecule has 1 saturated heterocycles. The molecule has 2 aliphatic heterocycles. The number of fused-ring (bicyclic) bond motifs is 1. The normalized spacial score (nSPS) is 26.2. The Balaban J connectivity index is 1.36. The van der Waals surface area contributed by atoms with Crippen LogP contribution in [0, 0.1) is 12.8 Å². The minimum absolute atomic E-state index is 0.0486. The van der Waals surface area contributed by atoms with E-state index in [1.165, 1.54) is 25.7 Å². The fourth-order valence-corrected chi connectivity index (χ4v) is 5.75. The number of H-pyrrole nitrogens is 1. The lowest BCUT2D eigenvalue weighted by molar-refractivity contribution is 0.0731. The van der Waals surface area contributed by atoms with Gasteiger partial charge in [0.05, 0.1) is 23.8 Å². The van der Waals surface area contributed by atoms with E-state index in [1.54, 1.807) is 23.4 Å². The summed E-state index contributed by atoms with van der Waals surface area (Å²) >= 11 is 0. The molecule has 0 aromatic carbocycles. The molecular weight excluding hydrogens is 402 g/mol. The van der Waals surface area contributed by atoms with Crippen LogP contribution in [-0.4, -0.2) is 49.8 Å². The molecule has 1 aliphatic carbocycles. The largest absolute Gasteiger partial charge is 0.334 e. The Kier molecular flexibility index (Phi) is 5.84. The quantitative estimate of drug-likeness (QED) is 0.799. The topological polar surface area (TPSA) is 82.2 Å². The molecule has 0 spiro atoms. The number of nitrogens with one attached hydrogen (secondary N) is 1. The smallest absolute Gasteiger partial charge is 0.256 e. The third-order valence-electron chi connectivity index (χ3n) is 7.69. The van der Waals surface area contributed by atoms with Crippen LogP contribution in [0.25, 0.3) is 0 Å². The Labute approximate surface area is 189 Å². The van der Waals surface area contributed by atoms with Crippen LogP contribution in [0.5, 0.6) is 0 Å². The lowest BCUT2D eigenvalue weighted by Gasteiger charge is -2.37. The fraction of sp³-hybridized carbons (Fsp3) is 0.600. The van der Waals surface area contributed by atoms with Crippen molar-refractivity contribution in [3.63, 3.8) is 0 Å². The number of nitrogens with zero attached hydrogens (tertiary/aromatic N) is 4. The number of likely N-dealkylation sites (tertiary alicyclic amines) is 1. The predicted octanol–water partition coefficient (Wildman–Crippen LogP) is 3.39. The summed E-state index contributed by atoms with van der Waals surface area (Å²) in [5.74, 6) is 1.61. The molecule has 1 unspecified atom stereocenters. The Hall–Kier alpha value is -2.54. The lowest BCUT2D eigenvalue weighted by Crippen LogP contribution is -2.41. The van der Waals surface area contributed by atoms with Crippen LogP contribution < -0.4 is 5.56 Å². The summed E-state index contributed by atoms with van der Waals surface area (Å²) in [6.45, 7) is 6.23. The molecule has 1 atom stereocenters. The number of aryl methyl sites for hydroxylation is 1. The first-order valence-electron chi connectivity index (χ1n) is 12.1. The summed E-state index contributed by atoms with van der Waals surface area (Å²) in [5, 5.41) is 0. The van der Waals surface area contributed by atoms with Crippen molar-refractivity contribution in [3.05, 3.63) is 57.0 Å². The SMILES string of the molecule is Cc1cnccc1C(=O)N1CCc2nc(C3CCCN3C3CCC(C)CC3)[nH]c(=O)c2C1. The van der Waals surface area contributed by atoms with Gasteiger partial charge >= 0.3 is 0 Å². The fourth-order valence-electron chi connectivity index (χ4n) is 5.75. The minimum atomic E-state index is -0.0851. The minimum Gasteiger partial charge on any atom is -0.334 e. The van der Waals surface area contributed by atoms with Gasteiger partial charge in [-0.25, -0.2) is 4.98 Å². The number of pyridine rings is 1. The van der Waals surface area contributed by atoms with Crippen molar-refractivity contribution < 1.29 is 4.79 Å². The average Bonchev–Trinajstić information content (AvgIpc) is 3.29. The molecule has 0 bridgehead atoms. The van der Waals surface area contributed by atoms with Gasteiger partial charge in [0.2, 0.25) is 0 Å². The number of rotatable bonds is 3. The van der Waals surface area contributed by atoms with Gasteiger partial charge in [-0.15, -0.1) is 0 Å². The molecule has 170 valence electrons. The summed E-state index contributed by atoms with van der Waals surface area (Å²) in [5.41, 5.74) is 2.91. The molecule has 1 amide bonds. The summed E-state index contributed by atoms with van der Waals surface area (Å²) < 4.78 is 0. The zero-order chi connectivity index (χ0) is 22.2. The van der Waals surface area contributed by atoms with Crippen LogP contribution in [-0.2, 0) is 13.0 Å². The maximum atomic E-state index is 13.1. The van der Waals surface area contributed by atoms with E-state index in [0.29, 0.717) is 36.7 Å². The summed E-state index contributed by atoms with van der Waals surface area (Å²) in [6, 6.07) is 2.57. The number of hydrogen-bond acceptors (Lipinski definition) is 5. The third kappa shape index (κ3) is 3.98. The zero-order valence-corrected chi connectivity index (χ0v) is 19.1. The Morgan fingerprint density at radius 3 is 2.75 bits per heavy atom. The summed E-state index contributed by atoms with van der Waals surface area (Å²) in [7, 11) is 0. The molecule has 2 fully saturated rings. The molecule has 2 aromatic heterocycles. The van der Waals surface area contributed by atoms with E-state index in [-0.39, 0.29) is 17.5 Å². The van der Waals surface area contributed by atoms with Crippen molar-refractivity contribution in [2.75, 3.05) is 13.1 Å². The highest BCUT2D eigenvalue weighted by Gasteiger charge is 2.36. The number of hydrogen-bond donors (Lipinski definition) is 1. The third-order valence-corrected chi connectivity index (χ3v) is 7.69. The van der Waals surface area contributed by atoms with Crippen LogP contribution in [0.1, 0.15) is 84.5 Å². The van der Waals surface area contributed by atoms with Crippen LogP contribution in [0.15, 0.2) is 23.3 Å². The van der Waals surface area contributed by atoms with Crippen molar-refractivity contribution in [2.45, 2.75) is 77.4 Å². The molecule has 4 heterocycles. The standard InChI is InChI=1S/C25H33N5O2/c1-16-5-7-18(8-6-16)30-12-3-4-22(30)23-27-21-10-13-29(15-20(21)24(31)28-23)25(32)19-9-11-26-14-17(19)2/h9,11,14,16,18,22H,3-8,10,12-13,15H2,1-2H3,(H,27,28,31). The number of aromatic amines is 1. The maximum absolute atomic E-state index is 13.1. The molecule has 1 N–H and O–H groups in total. The second-order valence-corrected chi connectivity index (χ2v) is 9.85. The summed E-state index contributed by atoms with van der Waals surface area (Å²) in [6.07, 6.45) is 11.3. The van der Waals surface area contributed by atoms with Gasteiger partial charge in [0, 0.05) is 37.0 Å². The van der Waals surface area contributed by atoms with Gasteiger partial charge < -0.3 is 9.88 Å². The van der Waals surface area contributed by atoms with Crippen LogP contribution in [0.2, 0.25) is 0 Å². The molecule has 0 radical (unpaired) electrons. The Bertz CT molecular complexity index is 1060. The van der Waals surface area contributed by atoms with E-state index < -0.39 is 0 Å². The second-order valence-electron chi connectivity index (χ2n) is 9.85. The molecule has 7 heteroatoms. The van der Waals surface area contributed by atoms with Crippen molar-refractivity contribution in [3.8, 4) is 0 Å². The molecule has 1 saturated carbocycles. The zero-order valence-electron chi connectivity index (χ0n) is 19.1. The van der Waals surface area contributed by atoms with Crippen molar-refractivity contribution in [2.24, 2.45) is 5.92 Å². The van der Waals surface area contributed by atoms with E-state index in [2.05, 4.69) is 21.8 Å². The van der Waals surface area contributed by atoms with Gasteiger partial charge in [-0.3, -0.25) is 19.5 Å². The summed E-state index contributed by atoms with van der Waals surface area (Å²) in [4.78, 5) is 42.6.